The minimum absolute atomic E-state index is 0.567. The van der Waals surface area contributed by atoms with Crippen LogP contribution in [0.25, 0.3) is 0 Å². The first-order valence-electron chi connectivity index (χ1n) is 4.70. The van der Waals surface area contributed by atoms with Crippen molar-refractivity contribution < 1.29 is 0 Å². The second-order valence-electron chi connectivity index (χ2n) is 3.68. The van der Waals surface area contributed by atoms with Crippen LogP contribution in [-0.2, 0) is 0 Å². The summed E-state index contributed by atoms with van der Waals surface area (Å²) in [7, 11) is 4.08. The van der Waals surface area contributed by atoms with Crippen LogP contribution in [0.5, 0.6) is 0 Å². The highest BCUT2D eigenvalue weighted by Crippen LogP contribution is 2.10. The molecule has 78 valence electrons. The number of nitrogens with zero attached hydrogens (tertiary/aromatic N) is 2. The minimum atomic E-state index is 0.567. The molecular weight excluding hydrogens is 176 g/mol. The summed E-state index contributed by atoms with van der Waals surface area (Å²) in [4.78, 5) is 6.30. The molecule has 0 aliphatic rings. The van der Waals surface area contributed by atoms with E-state index in [-0.39, 0.29) is 0 Å². The van der Waals surface area contributed by atoms with Crippen molar-refractivity contribution in [3.63, 3.8) is 0 Å². The summed E-state index contributed by atoms with van der Waals surface area (Å²) in [6.45, 7) is 3.87. The summed E-state index contributed by atoms with van der Waals surface area (Å²) in [5, 5.41) is 3.22. The van der Waals surface area contributed by atoms with E-state index >= 15 is 0 Å². The summed E-state index contributed by atoms with van der Waals surface area (Å²) in [5.74, 6) is 1.42. The molecule has 1 aromatic rings. The molecule has 0 aliphatic heterocycles. The summed E-state index contributed by atoms with van der Waals surface area (Å²) < 4.78 is 0. The predicted molar refractivity (Wildman–Crippen MR) is 60.4 cm³/mol. The van der Waals surface area contributed by atoms with E-state index in [4.69, 9.17) is 5.73 Å². The lowest BCUT2D eigenvalue weighted by Gasteiger charge is -2.11. The Labute approximate surface area is 85.1 Å². The summed E-state index contributed by atoms with van der Waals surface area (Å²) in [6, 6.07) is 3.85. The van der Waals surface area contributed by atoms with Crippen molar-refractivity contribution in [2.45, 2.75) is 6.92 Å². The molecule has 0 aromatic carbocycles. The smallest absolute Gasteiger partial charge is 0.128 e. The monoisotopic (exact) mass is 194 g/mol. The van der Waals surface area contributed by atoms with Crippen LogP contribution >= 0.6 is 0 Å². The zero-order valence-corrected chi connectivity index (χ0v) is 9.04. The Bertz CT molecular complexity index is 276. The van der Waals surface area contributed by atoms with Crippen LogP contribution in [0, 0.1) is 6.92 Å². The van der Waals surface area contributed by atoms with Crippen LogP contribution in [0.3, 0.4) is 0 Å². The molecule has 1 rings (SSSR count). The molecule has 0 radical (unpaired) electrons. The molecule has 0 spiro atoms. The minimum Gasteiger partial charge on any atom is -0.384 e. The average molecular weight is 194 g/mol. The van der Waals surface area contributed by atoms with Crippen molar-refractivity contribution in [1.29, 1.82) is 0 Å². The predicted octanol–water partition coefficient (Wildman–Crippen LogP) is 0.946. The number of hydrogen-bond donors (Lipinski definition) is 2. The maximum atomic E-state index is 5.63. The number of aryl methyl sites for hydroxylation is 1. The van der Waals surface area contributed by atoms with Crippen molar-refractivity contribution >= 4 is 11.6 Å². The zero-order chi connectivity index (χ0) is 10.6. The third kappa shape index (κ3) is 3.62. The van der Waals surface area contributed by atoms with Gasteiger partial charge in [-0.2, -0.15) is 0 Å². The van der Waals surface area contributed by atoms with Crippen LogP contribution in [0.4, 0.5) is 11.6 Å². The second kappa shape index (κ2) is 4.81. The topological polar surface area (TPSA) is 54.2 Å². The van der Waals surface area contributed by atoms with Gasteiger partial charge in [0.05, 0.1) is 0 Å². The number of nitrogens with two attached hydrogens (primary N) is 1. The molecule has 14 heavy (non-hydrogen) atoms. The van der Waals surface area contributed by atoms with Crippen molar-refractivity contribution in [2.24, 2.45) is 0 Å². The molecule has 0 aliphatic carbocycles. The van der Waals surface area contributed by atoms with Crippen LogP contribution in [0.15, 0.2) is 12.1 Å². The first-order valence-corrected chi connectivity index (χ1v) is 4.70. The molecule has 0 fully saturated rings. The number of aromatic nitrogens is 1. The highest BCUT2D eigenvalue weighted by Gasteiger charge is 1.97. The molecule has 0 unspecified atom stereocenters. The fourth-order valence-corrected chi connectivity index (χ4v) is 1.19. The number of nitrogens with one attached hydrogen (secondary N) is 1. The summed E-state index contributed by atoms with van der Waals surface area (Å²) >= 11 is 0. The van der Waals surface area contributed by atoms with Gasteiger partial charge < -0.3 is 16.0 Å². The lowest BCUT2D eigenvalue weighted by molar-refractivity contribution is 0.425. The molecule has 1 aromatic heterocycles. The molecular formula is C10H18N4. The van der Waals surface area contributed by atoms with Crippen LogP contribution < -0.4 is 11.1 Å². The Hall–Kier alpha value is -1.29. The fourth-order valence-electron chi connectivity index (χ4n) is 1.19. The first-order chi connectivity index (χ1) is 6.58. The molecule has 0 bridgehead atoms. The third-order valence-electron chi connectivity index (χ3n) is 1.85. The van der Waals surface area contributed by atoms with Gasteiger partial charge in [0.1, 0.15) is 11.6 Å². The maximum absolute atomic E-state index is 5.63. The zero-order valence-electron chi connectivity index (χ0n) is 9.04. The van der Waals surface area contributed by atoms with E-state index in [1.54, 1.807) is 0 Å². The Morgan fingerprint density at radius 2 is 2.14 bits per heavy atom. The van der Waals surface area contributed by atoms with Gasteiger partial charge in [-0.1, -0.05) is 0 Å². The van der Waals surface area contributed by atoms with Crippen molar-refractivity contribution in [3.8, 4) is 0 Å². The van der Waals surface area contributed by atoms with Gasteiger partial charge in [0, 0.05) is 13.1 Å². The van der Waals surface area contributed by atoms with E-state index in [2.05, 4.69) is 15.2 Å². The Morgan fingerprint density at radius 3 is 2.71 bits per heavy atom. The molecule has 4 nitrogen and oxygen atoms in total. The van der Waals surface area contributed by atoms with E-state index in [0.29, 0.717) is 5.82 Å². The van der Waals surface area contributed by atoms with Gasteiger partial charge in [0.25, 0.3) is 0 Å². The quantitative estimate of drug-likeness (QED) is 0.749. The number of rotatable bonds is 4. The first kappa shape index (κ1) is 10.8. The third-order valence-corrected chi connectivity index (χ3v) is 1.85. The number of anilines is 2. The molecule has 0 saturated heterocycles. The van der Waals surface area contributed by atoms with E-state index in [1.807, 2.05) is 33.2 Å². The number of likely N-dealkylation sites (N-methyl/N-ethyl adjacent to an activating group) is 1. The molecule has 4 heteroatoms. The van der Waals surface area contributed by atoms with E-state index in [9.17, 15) is 0 Å². The normalized spacial score (nSPS) is 10.6. The van der Waals surface area contributed by atoms with E-state index in [1.165, 1.54) is 0 Å². The highest BCUT2D eigenvalue weighted by atomic mass is 15.1. The fraction of sp³-hybridized carbons (Fsp3) is 0.500. The van der Waals surface area contributed by atoms with E-state index in [0.717, 1.165) is 24.5 Å². The lowest BCUT2D eigenvalue weighted by atomic mass is 10.3. The SMILES string of the molecule is Cc1cc(N)nc(NCCN(C)C)c1. The Balaban J connectivity index is 2.50. The van der Waals surface area contributed by atoms with Crippen molar-refractivity contribution in [1.82, 2.24) is 9.88 Å². The van der Waals surface area contributed by atoms with Crippen LogP contribution in [0.2, 0.25) is 0 Å². The number of pyridine rings is 1. The van der Waals surface area contributed by atoms with Crippen molar-refractivity contribution in [3.05, 3.63) is 17.7 Å². The summed E-state index contributed by atoms with van der Waals surface area (Å²) in [6.07, 6.45) is 0. The average Bonchev–Trinajstić information content (AvgIpc) is 2.01. The van der Waals surface area contributed by atoms with Gasteiger partial charge in [0.15, 0.2) is 0 Å². The molecule has 1 heterocycles. The molecule has 0 saturated carbocycles. The number of hydrogen-bond acceptors (Lipinski definition) is 4. The molecule has 0 amide bonds. The van der Waals surface area contributed by atoms with Gasteiger partial charge in [-0.25, -0.2) is 4.98 Å². The molecule has 0 atom stereocenters. The lowest BCUT2D eigenvalue weighted by Crippen LogP contribution is -2.21. The van der Waals surface area contributed by atoms with Gasteiger partial charge in [-0.3, -0.25) is 0 Å². The number of nitrogen functional groups attached to an aromatic ring is 1. The Kier molecular flexibility index (Phi) is 3.71. The van der Waals surface area contributed by atoms with Gasteiger partial charge in [-0.05, 0) is 38.7 Å². The van der Waals surface area contributed by atoms with Gasteiger partial charge >= 0.3 is 0 Å². The standard InChI is InChI=1S/C10H18N4/c1-8-6-9(11)13-10(7-8)12-4-5-14(2)3/h6-7H,4-5H2,1-3H3,(H3,11,12,13). The maximum Gasteiger partial charge on any atom is 0.128 e. The van der Waals surface area contributed by atoms with Crippen molar-refractivity contribution in [2.75, 3.05) is 38.2 Å². The molecule has 3 N–H and O–H groups in total. The largest absolute Gasteiger partial charge is 0.384 e. The second-order valence-corrected chi connectivity index (χ2v) is 3.68. The Morgan fingerprint density at radius 1 is 1.43 bits per heavy atom. The van der Waals surface area contributed by atoms with Crippen LogP contribution in [0.1, 0.15) is 5.56 Å². The summed E-state index contributed by atoms with van der Waals surface area (Å²) in [5.41, 5.74) is 6.76. The van der Waals surface area contributed by atoms with Crippen LogP contribution in [-0.4, -0.2) is 37.1 Å². The highest BCUT2D eigenvalue weighted by molar-refractivity contribution is 5.45. The van der Waals surface area contributed by atoms with Gasteiger partial charge in [0.2, 0.25) is 0 Å². The van der Waals surface area contributed by atoms with E-state index < -0.39 is 0 Å². The van der Waals surface area contributed by atoms with Gasteiger partial charge in [-0.15, -0.1) is 0 Å².